The molecular formula is C31H26Cl2NO5PS. The molecule has 6 nitrogen and oxygen atoms in total. The second-order valence-electron chi connectivity index (χ2n) is 9.76. The first kappa shape index (κ1) is 29.3. The molecule has 0 aromatic heterocycles. The van der Waals surface area contributed by atoms with Crippen LogP contribution >= 0.6 is 30.8 Å². The van der Waals surface area contributed by atoms with E-state index in [9.17, 15) is 22.8 Å². The van der Waals surface area contributed by atoms with Crippen LogP contribution in [0.25, 0.3) is 10.8 Å². The Labute approximate surface area is 249 Å². The number of halogens is 2. The third-order valence-electron chi connectivity index (χ3n) is 6.92. The molecule has 41 heavy (non-hydrogen) atoms. The van der Waals surface area contributed by atoms with Crippen LogP contribution in [-0.4, -0.2) is 23.5 Å². The minimum absolute atomic E-state index is 0.0717. The lowest BCUT2D eigenvalue weighted by Gasteiger charge is -2.44. The summed E-state index contributed by atoms with van der Waals surface area (Å²) in [5, 5.41) is -0.586. The van der Waals surface area contributed by atoms with Crippen LogP contribution in [0.4, 0.5) is 5.69 Å². The monoisotopic (exact) mass is 625 g/mol. The fourth-order valence-electron chi connectivity index (χ4n) is 5.06. The minimum atomic E-state index is -5.28. The van der Waals surface area contributed by atoms with Crippen LogP contribution < -0.4 is 4.31 Å². The fraction of sp³-hybridized carbons (Fsp3) is 0.0968. The normalized spacial score (nSPS) is 12.4. The van der Waals surface area contributed by atoms with Crippen LogP contribution in [0.3, 0.4) is 0 Å². The van der Waals surface area contributed by atoms with Crippen molar-refractivity contribution in [1.29, 1.82) is 0 Å². The second-order valence-corrected chi connectivity index (χ2v) is 14.3. The van der Waals surface area contributed by atoms with E-state index in [1.54, 1.807) is 78.9 Å². The molecule has 0 heterocycles. The number of hydrogen-bond donors (Lipinski definition) is 2. The topological polar surface area (TPSA) is 94.9 Å². The molecule has 0 amide bonds. The van der Waals surface area contributed by atoms with Crippen molar-refractivity contribution in [3.05, 3.63) is 142 Å². The van der Waals surface area contributed by atoms with Crippen LogP contribution in [0.5, 0.6) is 0 Å². The van der Waals surface area contributed by atoms with Gasteiger partial charge in [-0.2, -0.15) is 0 Å². The van der Waals surface area contributed by atoms with Gasteiger partial charge in [-0.25, -0.2) is 12.7 Å². The zero-order chi connectivity index (χ0) is 29.3. The van der Waals surface area contributed by atoms with Gasteiger partial charge in [0.15, 0.2) is 5.28 Å². The lowest BCUT2D eigenvalue weighted by molar-refractivity contribution is 0.321. The Morgan fingerprint density at radius 1 is 0.659 bits per heavy atom. The summed E-state index contributed by atoms with van der Waals surface area (Å²) < 4.78 is 44.2. The van der Waals surface area contributed by atoms with Gasteiger partial charge < -0.3 is 9.79 Å². The fourth-order valence-corrected chi connectivity index (χ4v) is 9.22. The van der Waals surface area contributed by atoms with Crippen molar-refractivity contribution in [1.82, 2.24) is 0 Å². The van der Waals surface area contributed by atoms with E-state index in [1.807, 2.05) is 24.3 Å². The van der Waals surface area contributed by atoms with Crippen molar-refractivity contribution in [2.75, 3.05) is 4.31 Å². The van der Waals surface area contributed by atoms with E-state index < -0.39 is 22.9 Å². The van der Waals surface area contributed by atoms with Crippen molar-refractivity contribution in [2.24, 2.45) is 0 Å². The molecule has 0 saturated heterocycles. The highest BCUT2D eigenvalue weighted by Gasteiger charge is 2.56. The molecule has 5 rings (SSSR count). The molecule has 0 spiro atoms. The van der Waals surface area contributed by atoms with E-state index in [-0.39, 0.29) is 33.5 Å². The predicted molar refractivity (Wildman–Crippen MR) is 165 cm³/mol. The quantitative estimate of drug-likeness (QED) is 0.164. The Kier molecular flexibility index (Phi) is 8.31. The number of hydrogen-bond acceptors (Lipinski definition) is 3. The minimum Gasteiger partial charge on any atom is -0.323 e. The van der Waals surface area contributed by atoms with E-state index in [0.29, 0.717) is 16.5 Å². The maximum Gasteiger partial charge on any atom is 0.352 e. The van der Waals surface area contributed by atoms with E-state index in [0.717, 1.165) is 9.69 Å². The highest BCUT2D eigenvalue weighted by Crippen LogP contribution is 2.58. The molecule has 0 atom stereocenters. The molecule has 2 N–H and O–H groups in total. The van der Waals surface area contributed by atoms with Crippen LogP contribution in [0.1, 0.15) is 11.1 Å². The van der Waals surface area contributed by atoms with E-state index in [2.05, 4.69) is 0 Å². The Hall–Kier alpha value is -3.16. The zero-order valence-electron chi connectivity index (χ0n) is 21.6. The number of anilines is 1. The first-order chi connectivity index (χ1) is 19.5. The Bertz CT molecular complexity index is 1790. The Morgan fingerprint density at radius 3 is 1.66 bits per heavy atom. The molecule has 0 unspecified atom stereocenters. The van der Waals surface area contributed by atoms with E-state index in [4.69, 9.17) is 23.2 Å². The smallest absolute Gasteiger partial charge is 0.323 e. The summed E-state index contributed by atoms with van der Waals surface area (Å²) in [5.74, 6) is 0. The molecule has 0 bridgehead atoms. The van der Waals surface area contributed by atoms with Gasteiger partial charge in [0.2, 0.25) is 0 Å². The molecule has 0 saturated carbocycles. The van der Waals surface area contributed by atoms with Crippen molar-refractivity contribution >= 4 is 57.3 Å². The third-order valence-corrected chi connectivity index (χ3v) is 11.0. The van der Waals surface area contributed by atoms with Crippen molar-refractivity contribution in [3.63, 3.8) is 0 Å². The van der Waals surface area contributed by atoms with Gasteiger partial charge in [0, 0.05) is 22.9 Å². The lowest BCUT2D eigenvalue weighted by atomic mass is 9.97. The molecule has 0 aliphatic carbocycles. The van der Waals surface area contributed by atoms with Gasteiger partial charge >= 0.3 is 7.60 Å². The maximum atomic E-state index is 14.7. The highest BCUT2D eigenvalue weighted by molar-refractivity contribution is 7.93. The average molecular weight is 626 g/mol. The van der Waals surface area contributed by atoms with Gasteiger partial charge in [-0.1, -0.05) is 114 Å². The summed E-state index contributed by atoms with van der Waals surface area (Å²) in [4.78, 5) is 22.2. The molecule has 10 heteroatoms. The number of nitrogens with zero attached hydrogens (tertiary/aromatic N) is 1. The second kappa shape index (κ2) is 11.6. The summed E-state index contributed by atoms with van der Waals surface area (Å²) >= 11 is 12.5. The Balaban J connectivity index is 1.87. The van der Waals surface area contributed by atoms with Crippen LogP contribution in [-0.2, 0) is 27.4 Å². The van der Waals surface area contributed by atoms with Gasteiger partial charge in [0.1, 0.15) is 0 Å². The standard InChI is InChI=1S/C31H26Cl2NO5PS/c32-27-18-28(33)20-30(19-27)41(38,39)34(29-16-15-25-13-7-8-14-26(25)17-29)31(40(35,36)37,21-23-9-3-1-4-10-23)22-24-11-5-2-6-12-24/h1-20H,21-22H2,(H2,35,36,37). The van der Waals surface area contributed by atoms with Crippen molar-refractivity contribution in [3.8, 4) is 0 Å². The van der Waals surface area contributed by atoms with Crippen molar-refractivity contribution < 1.29 is 22.8 Å². The molecule has 0 aliphatic rings. The summed E-state index contributed by atoms with van der Waals surface area (Å²) in [5.41, 5.74) is 1.20. The van der Waals surface area contributed by atoms with Crippen molar-refractivity contribution in [2.45, 2.75) is 23.0 Å². The molecule has 5 aromatic rings. The number of benzene rings is 5. The van der Waals surface area contributed by atoms with Crippen LogP contribution in [0.2, 0.25) is 10.0 Å². The summed E-state index contributed by atoms with van der Waals surface area (Å²) in [7, 11) is -9.96. The van der Waals surface area contributed by atoms with Gasteiger partial charge in [0.25, 0.3) is 10.0 Å². The largest absolute Gasteiger partial charge is 0.352 e. The number of sulfonamides is 1. The first-order valence-electron chi connectivity index (χ1n) is 12.6. The third kappa shape index (κ3) is 6.07. The SMILES string of the molecule is O=P(O)(O)C(Cc1ccccc1)(Cc1ccccc1)N(c1ccc2ccccc2c1)S(=O)(=O)c1cc(Cl)cc(Cl)c1. The molecular weight excluding hydrogens is 600 g/mol. The molecule has 5 aromatic carbocycles. The van der Waals surface area contributed by atoms with Gasteiger partial charge in [0.05, 0.1) is 10.6 Å². The molecule has 0 fully saturated rings. The summed E-state index contributed by atoms with van der Waals surface area (Å²) in [6.45, 7) is 0. The maximum absolute atomic E-state index is 14.7. The van der Waals surface area contributed by atoms with Crippen LogP contribution in [0.15, 0.2) is 126 Å². The first-order valence-corrected chi connectivity index (χ1v) is 16.4. The highest BCUT2D eigenvalue weighted by atomic mass is 35.5. The molecule has 210 valence electrons. The predicted octanol–water partition coefficient (Wildman–Crippen LogP) is 7.70. The van der Waals surface area contributed by atoms with E-state index >= 15 is 0 Å². The van der Waals surface area contributed by atoms with Gasteiger partial charge in [-0.15, -0.1) is 0 Å². The van der Waals surface area contributed by atoms with Gasteiger partial charge in [-0.3, -0.25) is 4.57 Å². The Morgan fingerprint density at radius 2 is 1.15 bits per heavy atom. The number of fused-ring (bicyclic) bond motifs is 1. The van der Waals surface area contributed by atoms with E-state index in [1.165, 1.54) is 18.2 Å². The summed E-state index contributed by atoms with van der Waals surface area (Å²) in [6, 6.07) is 33.5. The van der Waals surface area contributed by atoms with Gasteiger partial charge in [-0.05, 0) is 52.2 Å². The summed E-state index contributed by atoms with van der Waals surface area (Å²) in [6.07, 6.45) is -0.569. The number of rotatable bonds is 9. The molecule has 0 radical (unpaired) electrons. The zero-order valence-corrected chi connectivity index (χ0v) is 24.9. The lowest BCUT2D eigenvalue weighted by Crippen LogP contribution is -2.55. The molecule has 0 aliphatic heterocycles. The average Bonchev–Trinajstić information content (AvgIpc) is 2.93. The van der Waals surface area contributed by atoms with Crippen LogP contribution in [0, 0.1) is 0 Å².